The molecule has 5 nitrogen and oxygen atoms in total. The van der Waals surface area contributed by atoms with Gasteiger partial charge in [-0.15, -0.1) is 0 Å². The Kier molecular flexibility index (Phi) is 4.50. The molecule has 7 heteroatoms. The van der Waals surface area contributed by atoms with E-state index in [-0.39, 0.29) is 11.0 Å². The van der Waals surface area contributed by atoms with Crippen LogP contribution in [0.2, 0.25) is 0 Å². The summed E-state index contributed by atoms with van der Waals surface area (Å²) in [5.74, 6) is -0.326. The number of amides is 1. The molecule has 26 heavy (non-hydrogen) atoms. The van der Waals surface area contributed by atoms with E-state index in [9.17, 15) is 9.90 Å². The number of hydrogen-bond acceptors (Lipinski definition) is 6. The third-order valence-electron chi connectivity index (χ3n) is 3.84. The predicted molar refractivity (Wildman–Crippen MR) is 103 cm³/mol. The average Bonchev–Trinajstić information content (AvgIpc) is 3.00. The quantitative estimate of drug-likeness (QED) is 0.516. The maximum absolute atomic E-state index is 12.1. The average molecular weight is 382 g/mol. The Morgan fingerprint density at radius 1 is 1.12 bits per heavy atom. The van der Waals surface area contributed by atoms with Crippen molar-refractivity contribution >= 4 is 40.4 Å². The molecule has 2 N–H and O–H groups in total. The van der Waals surface area contributed by atoms with Gasteiger partial charge in [0, 0.05) is 20.9 Å². The molecule has 2 heterocycles. The summed E-state index contributed by atoms with van der Waals surface area (Å²) in [5, 5.41) is 10.0. The van der Waals surface area contributed by atoms with E-state index in [1.165, 1.54) is 18.4 Å². The summed E-state index contributed by atoms with van der Waals surface area (Å²) in [6.07, 6.45) is 0. The second kappa shape index (κ2) is 6.95. The largest absolute Gasteiger partial charge is 0.499 e. The lowest BCUT2D eigenvalue weighted by atomic mass is 10.1. The van der Waals surface area contributed by atoms with E-state index in [0.29, 0.717) is 11.3 Å². The summed E-state index contributed by atoms with van der Waals surface area (Å²) < 4.78 is 0. The van der Waals surface area contributed by atoms with Gasteiger partial charge in [0.1, 0.15) is 0 Å². The molecule has 0 unspecified atom stereocenters. The SMILES string of the molecule is CONC(=O)c1ccc2c(c1)N=C(c1ccc(O)s1)c1ccccc1S2. The summed E-state index contributed by atoms with van der Waals surface area (Å²) in [5.41, 5.74) is 5.27. The van der Waals surface area contributed by atoms with Gasteiger partial charge in [-0.2, -0.15) is 0 Å². The first-order valence-electron chi connectivity index (χ1n) is 7.78. The molecule has 0 saturated carbocycles. The van der Waals surface area contributed by atoms with Gasteiger partial charge >= 0.3 is 0 Å². The number of aromatic hydroxyl groups is 1. The molecule has 0 fully saturated rings. The number of carbonyl (C=O) groups is 1. The van der Waals surface area contributed by atoms with Crippen molar-refractivity contribution in [2.24, 2.45) is 4.99 Å². The fourth-order valence-electron chi connectivity index (χ4n) is 2.68. The molecule has 0 atom stereocenters. The van der Waals surface area contributed by atoms with Crippen LogP contribution >= 0.6 is 23.1 Å². The number of nitrogens with zero attached hydrogens (tertiary/aromatic N) is 1. The molecule has 1 aromatic heterocycles. The second-order valence-electron chi connectivity index (χ2n) is 5.51. The summed E-state index contributed by atoms with van der Waals surface area (Å²) in [4.78, 5) is 24.5. The molecule has 4 rings (SSSR count). The van der Waals surface area contributed by atoms with Gasteiger partial charge < -0.3 is 5.11 Å². The molecule has 0 aliphatic carbocycles. The molecule has 130 valence electrons. The first-order valence-corrected chi connectivity index (χ1v) is 9.41. The zero-order valence-corrected chi connectivity index (χ0v) is 15.4. The van der Waals surface area contributed by atoms with Crippen LogP contribution in [0, 0.1) is 0 Å². The van der Waals surface area contributed by atoms with Crippen LogP contribution < -0.4 is 5.48 Å². The Bertz CT molecular complexity index is 1030. The normalized spacial score (nSPS) is 12.6. The number of aliphatic imine (C=N–C) groups is 1. The zero-order chi connectivity index (χ0) is 18.1. The second-order valence-corrected chi connectivity index (χ2v) is 7.66. The highest BCUT2D eigenvalue weighted by molar-refractivity contribution is 7.99. The number of thiophene rings is 1. The van der Waals surface area contributed by atoms with E-state index in [1.54, 1.807) is 30.0 Å². The lowest BCUT2D eigenvalue weighted by Gasteiger charge is -2.07. The lowest BCUT2D eigenvalue weighted by Crippen LogP contribution is -2.21. The Hall–Kier alpha value is -2.61. The van der Waals surface area contributed by atoms with Crippen molar-refractivity contribution in [3.8, 4) is 5.06 Å². The van der Waals surface area contributed by atoms with Crippen LogP contribution in [0.5, 0.6) is 5.06 Å². The number of benzene rings is 2. The van der Waals surface area contributed by atoms with E-state index < -0.39 is 0 Å². The van der Waals surface area contributed by atoms with E-state index >= 15 is 0 Å². The molecule has 1 amide bonds. The number of fused-ring (bicyclic) bond motifs is 2. The highest BCUT2D eigenvalue weighted by Crippen LogP contribution is 2.42. The molecule has 1 aliphatic rings. The summed E-state index contributed by atoms with van der Waals surface area (Å²) in [7, 11) is 1.40. The Morgan fingerprint density at radius 3 is 2.73 bits per heavy atom. The van der Waals surface area contributed by atoms with Crippen LogP contribution in [0.1, 0.15) is 20.8 Å². The van der Waals surface area contributed by atoms with Gasteiger partial charge in [-0.25, -0.2) is 10.5 Å². The first-order chi connectivity index (χ1) is 12.7. The van der Waals surface area contributed by atoms with Crippen molar-refractivity contribution in [1.29, 1.82) is 0 Å². The number of hydrogen-bond donors (Lipinski definition) is 2. The highest BCUT2D eigenvalue weighted by atomic mass is 32.2. The first kappa shape index (κ1) is 16.8. The molecule has 3 aromatic rings. The van der Waals surface area contributed by atoms with Gasteiger partial charge in [-0.05, 0) is 36.4 Å². The maximum atomic E-state index is 12.1. The van der Waals surface area contributed by atoms with Gasteiger partial charge in [0.15, 0.2) is 5.06 Å². The standard InChI is InChI=1S/C19H14N2O3S2/c1-24-21-19(23)11-6-7-15-13(10-11)20-18(16-8-9-17(22)26-16)12-4-2-3-5-14(12)25-15/h2-10,22H,1H3,(H,21,23). The molecule has 2 aromatic carbocycles. The van der Waals surface area contributed by atoms with E-state index in [1.807, 2.05) is 36.4 Å². The van der Waals surface area contributed by atoms with Crippen molar-refractivity contribution in [1.82, 2.24) is 5.48 Å². The smallest absolute Gasteiger partial charge is 0.274 e. The summed E-state index contributed by atoms with van der Waals surface area (Å²) >= 11 is 2.88. The highest BCUT2D eigenvalue weighted by Gasteiger charge is 2.21. The monoisotopic (exact) mass is 382 g/mol. The van der Waals surface area contributed by atoms with Crippen molar-refractivity contribution in [2.75, 3.05) is 7.11 Å². The number of carbonyl (C=O) groups excluding carboxylic acids is 1. The lowest BCUT2D eigenvalue weighted by molar-refractivity contribution is 0.0537. The summed E-state index contributed by atoms with van der Waals surface area (Å²) in [6, 6.07) is 16.9. The van der Waals surface area contributed by atoms with Gasteiger partial charge in [-0.3, -0.25) is 9.63 Å². The molecular formula is C19H14N2O3S2. The Morgan fingerprint density at radius 2 is 1.96 bits per heavy atom. The van der Waals surface area contributed by atoms with E-state index in [2.05, 4.69) is 5.48 Å². The fourth-order valence-corrected chi connectivity index (χ4v) is 4.43. The maximum Gasteiger partial charge on any atom is 0.274 e. The molecule has 0 saturated heterocycles. The minimum absolute atomic E-state index is 0.241. The van der Waals surface area contributed by atoms with Crippen LogP contribution in [-0.2, 0) is 4.84 Å². The molecule has 1 aliphatic heterocycles. The van der Waals surface area contributed by atoms with Gasteiger partial charge in [-0.1, -0.05) is 41.3 Å². The van der Waals surface area contributed by atoms with Gasteiger partial charge in [0.25, 0.3) is 5.91 Å². The van der Waals surface area contributed by atoms with Gasteiger partial charge in [0.2, 0.25) is 0 Å². The topological polar surface area (TPSA) is 70.9 Å². The predicted octanol–water partition coefficient (Wildman–Crippen LogP) is 4.38. The summed E-state index contributed by atoms with van der Waals surface area (Å²) in [6.45, 7) is 0. The van der Waals surface area contributed by atoms with Crippen LogP contribution in [0.25, 0.3) is 0 Å². The van der Waals surface area contributed by atoms with Crippen molar-refractivity contribution in [2.45, 2.75) is 9.79 Å². The van der Waals surface area contributed by atoms with E-state index in [0.717, 1.165) is 25.9 Å². The van der Waals surface area contributed by atoms with Crippen LogP contribution in [-0.4, -0.2) is 23.8 Å². The van der Waals surface area contributed by atoms with Crippen LogP contribution in [0.3, 0.4) is 0 Å². The van der Waals surface area contributed by atoms with Crippen molar-refractivity contribution < 1.29 is 14.7 Å². The third kappa shape index (κ3) is 3.12. The van der Waals surface area contributed by atoms with Crippen molar-refractivity contribution in [3.05, 3.63) is 70.6 Å². The van der Waals surface area contributed by atoms with E-state index in [4.69, 9.17) is 9.83 Å². The number of rotatable bonds is 3. The Balaban J connectivity index is 1.89. The van der Waals surface area contributed by atoms with Gasteiger partial charge in [0.05, 0.1) is 23.4 Å². The zero-order valence-electron chi connectivity index (χ0n) is 13.7. The minimum Gasteiger partial charge on any atom is -0.499 e. The molecule has 0 spiro atoms. The number of hydroxylamine groups is 1. The van der Waals surface area contributed by atoms with Crippen LogP contribution in [0.4, 0.5) is 5.69 Å². The minimum atomic E-state index is -0.326. The molecular weight excluding hydrogens is 368 g/mol. The fraction of sp³-hybridized carbons (Fsp3) is 0.0526. The molecule has 0 bridgehead atoms. The molecule has 0 radical (unpaired) electrons. The van der Waals surface area contributed by atoms with Crippen LogP contribution in [0.15, 0.2) is 69.4 Å². The Labute approximate surface area is 158 Å². The third-order valence-corrected chi connectivity index (χ3v) is 5.87. The van der Waals surface area contributed by atoms with Crippen molar-refractivity contribution in [3.63, 3.8) is 0 Å². The number of nitrogens with one attached hydrogen (secondary N) is 1.